The Labute approximate surface area is 398 Å². The van der Waals surface area contributed by atoms with Crippen molar-refractivity contribution in [1.29, 1.82) is 0 Å². The number of sulfonamides is 1. The number of fused-ring (bicyclic) bond motifs is 1. The number of carboxylic acid groups (broad SMARTS) is 2. The number of aryl methyl sites for hydroxylation is 1. The van der Waals surface area contributed by atoms with Crippen molar-refractivity contribution in [2.75, 3.05) is 36.9 Å². The van der Waals surface area contributed by atoms with E-state index in [9.17, 15) is 42.3 Å². The highest BCUT2D eigenvalue weighted by atomic mass is 35.5. The van der Waals surface area contributed by atoms with Crippen LogP contribution in [0, 0.1) is 0 Å². The van der Waals surface area contributed by atoms with Gasteiger partial charge in [-0.3, -0.25) is 24.0 Å². The number of carbonyl (C=O) groups excluding carboxylic acids is 3. The summed E-state index contributed by atoms with van der Waals surface area (Å²) in [4.78, 5) is 75.6. The molecule has 2 aromatic heterocycles. The summed E-state index contributed by atoms with van der Waals surface area (Å²) in [5.74, 6) is -4.66. The second-order valence-electron chi connectivity index (χ2n) is 17.9. The predicted octanol–water partition coefficient (Wildman–Crippen LogP) is 6.41. The number of hydrogen-bond donors (Lipinski definition) is 5. The SMILES string of the molecule is Cn1c(=O)n(C2CCC(=O)NC2=O)c2ccc([C@@H]3CCN(C(=O)Nc4cccc(CS(=O)(=O)N5CC[C@H](Nc6cccc(-c7sc(C(=O)O)c(OCC(=O)O)c7Cl)c6)CC5(C)C)c4)C[C@H]3F)cc21. The van der Waals surface area contributed by atoms with E-state index in [0.717, 1.165) is 11.3 Å². The fraction of sp³-hybridized carbons (Fsp3) is 0.391. The highest BCUT2D eigenvalue weighted by Gasteiger charge is 2.42. The molecule has 8 rings (SSSR count). The lowest BCUT2D eigenvalue weighted by Gasteiger charge is -2.45. The van der Waals surface area contributed by atoms with E-state index >= 15 is 4.39 Å². The number of hydrogen-bond acceptors (Lipinski definition) is 11. The van der Waals surface area contributed by atoms with Crippen LogP contribution in [0.5, 0.6) is 5.75 Å². The number of amides is 4. The first-order valence-electron chi connectivity index (χ1n) is 21.8. The van der Waals surface area contributed by atoms with E-state index in [1.807, 2.05) is 19.9 Å². The molecule has 4 amide bonds. The number of piperidine rings is 3. The van der Waals surface area contributed by atoms with Crippen LogP contribution in [0.25, 0.3) is 21.5 Å². The molecule has 5 heterocycles. The van der Waals surface area contributed by atoms with Gasteiger partial charge >= 0.3 is 23.7 Å². The number of imide groups is 1. The summed E-state index contributed by atoms with van der Waals surface area (Å²) in [7, 11) is -2.30. The van der Waals surface area contributed by atoms with Gasteiger partial charge in [0, 0.05) is 55.4 Å². The molecule has 5 N–H and O–H groups in total. The molecule has 3 aliphatic heterocycles. The Morgan fingerprint density at radius 2 is 1.72 bits per heavy atom. The van der Waals surface area contributed by atoms with Crippen LogP contribution in [0.3, 0.4) is 0 Å². The van der Waals surface area contributed by atoms with Crippen molar-refractivity contribution < 1.29 is 51.7 Å². The number of rotatable bonds is 13. The number of nitrogens with one attached hydrogen (secondary N) is 3. The normalized spacial score (nSPS) is 21.0. The van der Waals surface area contributed by atoms with Gasteiger partial charge in [0.25, 0.3) is 0 Å². The molecule has 0 bridgehead atoms. The van der Waals surface area contributed by atoms with E-state index in [1.54, 1.807) is 67.7 Å². The van der Waals surface area contributed by atoms with Crippen molar-refractivity contribution in [3.05, 3.63) is 98.2 Å². The molecular formula is C46H49ClFN7O11S2. The van der Waals surface area contributed by atoms with Gasteiger partial charge in [0.05, 0.1) is 28.2 Å². The van der Waals surface area contributed by atoms with Crippen LogP contribution < -0.4 is 26.4 Å². The lowest BCUT2D eigenvalue weighted by molar-refractivity contribution is -0.139. The third kappa shape index (κ3) is 9.83. The average Bonchev–Trinajstić information content (AvgIpc) is 3.73. The van der Waals surface area contributed by atoms with E-state index in [2.05, 4.69) is 16.0 Å². The maximum atomic E-state index is 15.9. The van der Waals surface area contributed by atoms with Crippen LogP contribution in [-0.4, -0.2) is 111 Å². The number of aromatic nitrogens is 2. The summed E-state index contributed by atoms with van der Waals surface area (Å²) in [5, 5.41) is 27.3. The average molecular weight is 995 g/mol. The molecule has 0 radical (unpaired) electrons. The summed E-state index contributed by atoms with van der Waals surface area (Å²) in [6.07, 6.45) is 0.0678. The summed E-state index contributed by atoms with van der Waals surface area (Å²) >= 11 is 7.38. The minimum absolute atomic E-state index is 0.0174. The number of carboxylic acids is 2. The Morgan fingerprint density at radius 1 is 0.971 bits per heavy atom. The number of likely N-dealkylation sites (tertiary alicyclic amines) is 1. The second-order valence-corrected chi connectivity index (χ2v) is 21.2. The molecule has 3 saturated heterocycles. The number of imidazole rings is 1. The van der Waals surface area contributed by atoms with Gasteiger partial charge in [-0.1, -0.05) is 41.9 Å². The van der Waals surface area contributed by atoms with E-state index in [4.69, 9.17) is 21.4 Å². The van der Waals surface area contributed by atoms with Gasteiger partial charge in [0.15, 0.2) is 17.2 Å². The Kier molecular flexibility index (Phi) is 13.5. The van der Waals surface area contributed by atoms with Crippen LogP contribution in [-0.2, 0) is 37.2 Å². The first kappa shape index (κ1) is 48.2. The quantitative estimate of drug-likeness (QED) is 0.0806. The highest BCUT2D eigenvalue weighted by Crippen LogP contribution is 2.46. The number of benzene rings is 3. The summed E-state index contributed by atoms with van der Waals surface area (Å²) < 4.78 is 53.5. The zero-order valence-electron chi connectivity index (χ0n) is 37.2. The van der Waals surface area contributed by atoms with E-state index in [0.29, 0.717) is 63.2 Å². The van der Waals surface area contributed by atoms with Gasteiger partial charge in [-0.05, 0) is 92.6 Å². The first-order chi connectivity index (χ1) is 32.2. The topological polar surface area (TPSA) is 239 Å². The van der Waals surface area contributed by atoms with Gasteiger partial charge in [-0.2, -0.15) is 4.31 Å². The summed E-state index contributed by atoms with van der Waals surface area (Å²) in [5.41, 5.74) is 2.48. The Hall–Kier alpha value is -6.29. The van der Waals surface area contributed by atoms with Crippen LogP contribution in [0.1, 0.15) is 78.7 Å². The van der Waals surface area contributed by atoms with E-state index < -0.39 is 75.8 Å². The Balaban J connectivity index is 0.870. The van der Waals surface area contributed by atoms with Crippen molar-refractivity contribution in [2.24, 2.45) is 7.05 Å². The van der Waals surface area contributed by atoms with Gasteiger partial charge < -0.3 is 30.5 Å². The molecule has 4 atom stereocenters. The molecule has 0 spiro atoms. The molecule has 1 unspecified atom stereocenters. The van der Waals surface area contributed by atoms with E-state index in [1.165, 1.54) is 18.3 Å². The monoisotopic (exact) mass is 993 g/mol. The number of alkyl halides is 1. The third-order valence-electron chi connectivity index (χ3n) is 12.7. The molecule has 18 nitrogen and oxygen atoms in total. The summed E-state index contributed by atoms with van der Waals surface area (Å²) in [6, 6.07) is 17.3. The number of anilines is 2. The van der Waals surface area contributed by atoms with Gasteiger partial charge in [-0.25, -0.2) is 32.0 Å². The minimum atomic E-state index is -3.87. The van der Waals surface area contributed by atoms with Gasteiger partial charge in [0.2, 0.25) is 21.8 Å². The number of urea groups is 1. The number of nitrogens with zero attached hydrogens (tertiary/aromatic N) is 4. The number of ether oxygens (including phenoxy) is 1. The molecule has 360 valence electrons. The lowest BCUT2D eigenvalue weighted by Crippen LogP contribution is -2.55. The highest BCUT2D eigenvalue weighted by molar-refractivity contribution is 7.88. The van der Waals surface area contributed by atoms with Gasteiger partial charge in [-0.15, -0.1) is 11.3 Å². The Morgan fingerprint density at radius 3 is 2.43 bits per heavy atom. The van der Waals surface area contributed by atoms with Crippen LogP contribution in [0.4, 0.5) is 20.6 Å². The zero-order chi connectivity index (χ0) is 48.8. The number of thiophene rings is 1. The molecule has 22 heteroatoms. The molecule has 0 saturated carbocycles. The molecular weight excluding hydrogens is 945 g/mol. The molecule has 3 aliphatic rings. The second kappa shape index (κ2) is 19.0. The largest absolute Gasteiger partial charge is 0.479 e. The molecule has 5 aromatic rings. The molecule has 3 fully saturated rings. The van der Waals surface area contributed by atoms with E-state index in [-0.39, 0.29) is 59.9 Å². The molecule has 3 aromatic carbocycles. The lowest BCUT2D eigenvalue weighted by atomic mass is 9.87. The molecule has 0 aliphatic carbocycles. The predicted molar refractivity (Wildman–Crippen MR) is 253 cm³/mol. The van der Waals surface area contributed by atoms with Crippen molar-refractivity contribution in [3.63, 3.8) is 0 Å². The number of halogens is 2. The number of carbonyl (C=O) groups is 5. The van der Waals surface area contributed by atoms with Crippen molar-refractivity contribution >= 4 is 85.2 Å². The third-order valence-corrected chi connectivity index (χ3v) is 16.4. The Bertz CT molecular complexity index is 3030. The standard InChI is InChI=1S/C46H49ClFN7O11S2/c1-46(2)21-30(49-29-9-5-7-27(19-29)40-38(47)39(66-23-37(57)58)41(67-40)43(60)61)14-17-54(46)68(64,65)24-25-6-4-8-28(18-25)50-44(62)53-16-15-31(32(48)22-53)26-10-11-33-35(20-26)52(3)45(63)55(33)34-12-13-36(56)51-42(34)59/h4-11,18-20,30-32,34,49H,12-17,21-24H2,1-3H3,(H,50,62)(H,57,58)(H,60,61)(H,51,56,59)/t30-,31-,32+,34?/m0/s1. The zero-order valence-corrected chi connectivity index (χ0v) is 39.6. The van der Waals surface area contributed by atoms with Crippen LogP contribution >= 0.6 is 22.9 Å². The number of aliphatic carboxylic acids is 1. The molecule has 68 heavy (non-hydrogen) atoms. The summed E-state index contributed by atoms with van der Waals surface area (Å²) in [6.45, 7) is 3.19. The van der Waals surface area contributed by atoms with Crippen LogP contribution in [0.2, 0.25) is 5.02 Å². The smallest absolute Gasteiger partial charge is 0.349 e. The van der Waals surface area contributed by atoms with Crippen molar-refractivity contribution in [3.8, 4) is 16.2 Å². The number of aromatic carboxylic acids is 1. The van der Waals surface area contributed by atoms with Gasteiger partial charge in [0.1, 0.15) is 17.2 Å². The first-order valence-corrected chi connectivity index (χ1v) is 24.6. The maximum Gasteiger partial charge on any atom is 0.349 e. The van der Waals surface area contributed by atoms with Crippen molar-refractivity contribution in [1.82, 2.24) is 23.7 Å². The fourth-order valence-corrected chi connectivity index (χ4v) is 12.9. The fourth-order valence-electron chi connectivity index (χ4n) is 9.53. The van der Waals surface area contributed by atoms with Crippen molar-refractivity contribution in [2.45, 2.75) is 81.4 Å². The van der Waals surface area contributed by atoms with Crippen LogP contribution in [0.15, 0.2) is 71.5 Å². The minimum Gasteiger partial charge on any atom is -0.479 e. The maximum absolute atomic E-state index is 15.9.